The Hall–Kier alpha value is -1.95. The summed E-state index contributed by atoms with van der Waals surface area (Å²) in [6, 6.07) is 4.25. The SMILES string of the molecule is COC(=O)c1ccc(C(=O)N2CCN3CCC[C@@H]3C2)c(F)c1. The molecule has 0 aromatic heterocycles. The quantitative estimate of drug-likeness (QED) is 0.778. The average Bonchev–Trinajstić information content (AvgIpc) is 3.00. The third kappa shape index (κ3) is 2.70. The molecule has 1 atom stereocenters. The van der Waals surface area contributed by atoms with Crippen LogP contribution in [0.3, 0.4) is 0 Å². The lowest BCUT2D eigenvalue weighted by atomic mass is 10.1. The molecule has 2 aliphatic rings. The largest absolute Gasteiger partial charge is 0.465 e. The van der Waals surface area contributed by atoms with Gasteiger partial charge in [0.1, 0.15) is 5.82 Å². The number of amides is 1. The summed E-state index contributed by atoms with van der Waals surface area (Å²) in [5.74, 6) is -1.60. The molecule has 0 saturated carbocycles. The number of carbonyl (C=O) groups is 2. The fourth-order valence-corrected chi connectivity index (χ4v) is 3.28. The number of piperazine rings is 1. The summed E-state index contributed by atoms with van der Waals surface area (Å²) in [6.07, 6.45) is 2.25. The standard InChI is InChI=1S/C16H19FN2O3/c1-22-16(21)11-4-5-13(14(17)9-11)15(20)19-8-7-18-6-2-3-12(18)10-19/h4-5,9,12H,2-3,6-8,10H2,1H3/t12-/m1/s1. The number of carbonyl (C=O) groups excluding carboxylic acids is 2. The van der Waals surface area contributed by atoms with Crippen LogP contribution in [0, 0.1) is 5.82 Å². The van der Waals surface area contributed by atoms with Gasteiger partial charge in [-0.3, -0.25) is 9.69 Å². The van der Waals surface area contributed by atoms with Crippen molar-refractivity contribution in [1.29, 1.82) is 0 Å². The van der Waals surface area contributed by atoms with Gasteiger partial charge in [-0.15, -0.1) is 0 Å². The molecule has 0 aliphatic carbocycles. The number of benzene rings is 1. The van der Waals surface area contributed by atoms with E-state index in [1.165, 1.54) is 19.2 Å². The Labute approximate surface area is 128 Å². The molecule has 0 radical (unpaired) electrons. The van der Waals surface area contributed by atoms with Gasteiger partial charge in [-0.05, 0) is 37.6 Å². The molecule has 1 aromatic rings. The molecule has 2 fully saturated rings. The molecule has 0 bridgehead atoms. The highest BCUT2D eigenvalue weighted by Gasteiger charge is 2.33. The maximum Gasteiger partial charge on any atom is 0.337 e. The lowest BCUT2D eigenvalue weighted by molar-refractivity contribution is 0.0562. The number of hydrogen-bond donors (Lipinski definition) is 0. The van der Waals surface area contributed by atoms with E-state index >= 15 is 0 Å². The summed E-state index contributed by atoms with van der Waals surface area (Å²) in [5.41, 5.74) is 0.122. The fraction of sp³-hybridized carbons (Fsp3) is 0.500. The van der Waals surface area contributed by atoms with Crippen molar-refractivity contribution in [2.24, 2.45) is 0 Å². The number of fused-ring (bicyclic) bond motifs is 1. The van der Waals surface area contributed by atoms with Crippen LogP contribution in [0.25, 0.3) is 0 Å². The molecule has 1 amide bonds. The van der Waals surface area contributed by atoms with Gasteiger partial charge >= 0.3 is 5.97 Å². The number of hydrogen-bond acceptors (Lipinski definition) is 4. The van der Waals surface area contributed by atoms with Crippen molar-refractivity contribution in [3.05, 3.63) is 35.1 Å². The number of nitrogens with zero attached hydrogens (tertiary/aromatic N) is 2. The van der Waals surface area contributed by atoms with E-state index in [2.05, 4.69) is 9.64 Å². The molecular weight excluding hydrogens is 287 g/mol. The Bertz CT molecular complexity index is 605. The lowest BCUT2D eigenvalue weighted by Crippen LogP contribution is -2.52. The van der Waals surface area contributed by atoms with Gasteiger partial charge in [-0.25, -0.2) is 9.18 Å². The fourth-order valence-electron chi connectivity index (χ4n) is 3.28. The number of rotatable bonds is 2. The minimum absolute atomic E-state index is 0.0131. The zero-order valence-electron chi connectivity index (χ0n) is 12.5. The van der Waals surface area contributed by atoms with Crippen LogP contribution in [0.1, 0.15) is 33.6 Å². The highest BCUT2D eigenvalue weighted by atomic mass is 19.1. The number of ether oxygens (including phenoxy) is 1. The Balaban J connectivity index is 1.76. The zero-order chi connectivity index (χ0) is 15.7. The van der Waals surface area contributed by atoms with E-state index in [9.17, 15) is 14.0 Å². The van der Waals surface area contributed by atoms with E-state index in [0.29, 0.717) is 19.1 Å². The molecule has 0 unspecified atom stereocenters. The molecule has 6 heteroatoms. The normalized spacial score (nSPS) is 21.5. The molecule has 1 aromatic carbocycles. The second-order valence-electron chi connectivity index (χ2n) is 5.77. The molecule has 2 heterocycles. The van der Waals surface area contributed by atoms with Crippen molar-refractivity contribution >= 4 is 11.9 Å². The van der Waals surface area contributed by atoms with Crippen molar-refractivity contribution in [3.8, 4) is 0 Å². The molecule has 2 aliphatic heterocycles. The third-order valence-corrected chi connectivity index (χ3v) is 4.50. The smallest absolute Gasteiger partial charge is 0.337 e. The minimum Gasteiger partial charge on any atom is -0.465 e. The monoisotopic (exact) mass is 306 g/mol. The lowest BCUT2D eigenvalue weighted by Gasteiger charge is -2.37. The van der Waals surface area contributed by atoms with Crippen LogP contribution >= 0.6 is 0 Å². The molecular formula is C16H19FN2O3. The summed E-state index contributed by atoms with van der Waals surface area (Å²) >= 11 is 0. The van der Waals surface area contributed by atoms with Gasteiger partial charge in [-0.1, -0.05) is 0 Å². The van der Waals surface area contributed by atoms with E-state index in [0.717, 1.165) is 32.0 Å². The first-order chi connectivity index (χ1) is 10.6. The van der Waals surface area contributed by atoms with Crippen LogP contribution in [-0.4, -0.2) is 61.0 Å². The number of halogens is 1. The van der Waals surface area contributed by atoms with Crippen molar-refractivity contribution in [2.75, 3.05) is 33.3 Å². The highest BCUT2D eigenvalue weighted by molar-refractivity contribution is 5.96. The van der Waals surface area contributed by atoms with Gasteiger partial charge in [0.15, 0.2) is 0 Å². The Morgan fingerprint density at radius 1 is 1.27 bits per heavy atom. The summed E-state index contributed by atoms with van der Waals surface area (Å²) in [6.45, 7) is 3.21. The molecule has 2 saturated heterocycles. The van der Waals surface area contributed by atoms with Gasteiger partial charge in [0.2, 0.25) is 0 Å². The predicted molar refractivity (Wildman–Crippen MR) is 78.2 cm³/mol. The first kappa shape index (κ1) is 15.0. The summed E-state index contributed by atoms with van der Waals surface area (Å²) in [4.78, 5) is 28.0. The average molecular weight is 306 g/mol. The Morgan fingerprint density at radius 3 is 2.82 bits per heavy atom. The summed E-state index contributed by atoms with van der Waals surface area (Å²) in [7, 11) is 1.24. The molecule has 3 rings (SSSR count). The van der Waals surface area contributed by atoms with Crippen LogP contribution in [0.15, 0.2) is 18.2 Å². The van der Waals surface area contributed by atoms with Gasteiger partial charge in [0, 0.05) is 25.7 Å². The molecule has 0 spiro atoms. The second-order valence-corrected chi connectivity index (χ2v) is 5.77. The summed E-state index contributed by atoms with van der Waals surface area (Å²) in [5, 5.41) is 0. The van der Waals surface area contributed by atoms with Crippen LogP contribution < -0.4 is 0 Å². The third-order valence-electron chi connectivity index (χ3n) is 4.50. The van der Waals surface area contributed by atoms with Gasteiger partial charge in [-0.2, -0.15) is 0 Å². The van der Waals surface area contributed by atoms with Gasteiger partial charge < -0.3 is 9.64 Å². The van der Waals surface area contributed by atoms with Gasteiger partial charge in [0.25, 0.3) is 5.91 Å². The van der Waals surface area contributed by atoms with Crippen molar-refractivity contribution < 1.29 is 18.7 Å². The Morgan fingerprint density at radius 2 is 2.09 bits per heavy atom. The van der Waals surface area contributed by atoms with E-state index in [1.54, 1.807) is 4.90 Å². The van der Waals surface area contributed by atoms with E-state index in [4.69, 9.17) is 0 Å². The zero-order valence-corrected chi connectivity index (χ0v) is 12.5. The second kappa shape index (κ2) is 6.04. The first-order valence-corrected chi connectivity index (χ1v) is 7.51. The Kier molecular flexibility index (Phi) is 4.11. The number of methoxy groups -OCH3 is 1. The van der Waals surface area contributed by atoms with E-state index < -0.39 is 11.8 Å². The van der Waals surface area contributed by atoms with Crippen LogP contribution in [0.2, 0.25) is 0 Å². The topological polar surface area (TPSA) is 49.9 Å². The predicted octanol–water partition coefficient (Wildman–Crippen LogP) is 1.53. The molecule has 22 heavy (non-hydrogen) atoms. The van der Waals surface area contributed by atoms with Crippen LogP contribution in [-0.2, 0) is 4.74 Å². The van der Waals surface area contributed by atoms with Crippen molar-refractivity contribution in [1.82, 2.24) is 9.80 Å². The van der Waals surface area contributed by atoms with Crippen LogP contribution in [0.5, 0.6) is 0 Å². The first-order valence-electron chi connectivity index (χ1n) is 7.51. The van der Waals surface area contributed by atoms with Crippen molar-refractivity contribution in [2.45, 2.75) is 18.9 Å². The van der Waals surface area contributed by atoms with E-state index in [-0.39, 0.29) is 17.0 Å². The van der Waals surface area contributed by atoms with E-state index in [1.807, 2.05) is 0 Å². The van der Waals surface area contributed by atoms with Gasteiger partial charge in [0.05, 0.1) is 18.2 Å². The highest BCUT2D eigenvalue weighted by Crippen LogP contribution is 2.23. The maximum absolute atomic E-state index is 14.2. The minimum atomic E-state index is -0.679. The molecule has 0 N–H and O–H groups in total. The molecule has 118 valence electrons. The number of esters is 1. The van der Waals surface area contributed by atoms with Crippen molar-refractivity contribution in [3.63, 3.8) is 0 Å². The molecule has 5 nitrogen and oxygen atoms in total. The maximum atomic E-state index is 14.2. The summed E-state index contributed by atoms with van der Waals surface area (Å²) < 4.78 is 18.7. The van der Waals surface area contributed by atoms with Crippen LogP contribution in [0.4, 0.5) is 4.39 Å².